The summed E-state index contributed by atoms with van der Waals surface area (Å²) in [6, 6.07) is 80.6. The van der Waals surface area contributed by atoms with Crippen LogP contribution in [-0.2, 0) is 10.8 Å². The molecule has 0 bridgehead atoms. The topological polar surface area (TPSA) is 18.5 Å². The molecule has 10 aromatic carbocycles. The first-order valence-electron chi connectivity index (χ1n) is 22.6. The molecule has 0 amide bonds. The van der Waals surface area contributed by atoms with Gasteiger partial charge in [0.15, 0.2) is 0 Å². The average molecular weight is 845 g/mol. The number of fused-ring (bicyclic) bond motifs is 8. The van der Waals surface area contributed by atoms with E-state index in [9.17, 15) is 0 Å². The second kappa shape index (κ2) is 15.7. The van der Waals surface area contributed by atoms with Gasteiger partial charge in [-0.3, -0.25) is 0 Å². The summed E-state index contributed by atoms with van der Waals surface area (Å²) in [5, 5.41) is 4.57. The monoisotopic (exact) mass is 844 g/mol. The highest BCUT2D eigenvalue weighted by Gasteiger charge is 2.47. The summed E-state index contributed by atoms with van der Waals surface area (Å²) in [5.74, 6) is 4.21. The highest BCUT2D eigenvalue weighted by Crippen LogP contribution is 2.58. The molecule has 0 unspecified atom stereocenters. The molecule has 0 aromatic heterocycles. The van der Waals surface area contributed by atoms with Gasteiger partial charge < -0.3 is 9.47 Å². The van der Waals surface area contributed by atoms with E-state index in [0.717, 1.165) is 38.8 Å². The minimum Gasteiger partial charge on any atom is -0.490 e. The fourth-order valence-electron chi connectivity index (χ4n) is 11.2. The molecule has 0 saturated carbocycles. The number of rotatable bonds is 10. The summed E-state index contributed by atoms with van der Waals surface area (Å²) in [7, 11) is 0. The molecule has 2 heteroatoms. The van der Waals surface area contributed by atoms with Crippen molar-refractivity contribution >= 4 is 21.5 Å². The third kappa shape index (κ3) is 5.91. The zero-order valence-corrected chi connectivity index (χ0v) is 36.4. The third-order valence-electron chi connectivity index (χ3n) is 14.1. The van der Waals surface area contributed by atoms with Crippen molar-refractivity contribution in [2.45, 2.75) is 10.8 Å². The van der Waals surface area contributed by atoms with Gasteiger partial charge in [0.05, 0.1) is 10.8 Å². The van der Waals surface area contributed by atoms with Crippen LogP contribution in [0.15, 0.2) is 231 Å². The van der Waals surface area contributed by atoms with Crippen LogP contribution in [0.25, 0.3) is 54.9 Å². The lowest BCUT2D eigenvalue weighted by molar-refractivity contribution is 0.364. The predicted molar refractivity (Wildman–Crippen MR) is 272 cm³/mol. The zero-order chi connectivity index (χ0) is 44.2. The SMILES string of the molecule is C#CCOc1ccc2ccc(C3(c4ccc(-c5ccc(C6(c7ccc8cc(OCC=C)ccc8c7)c7ccccc7-c7ccccc76)cc5)cc4)c4ccccc4-c4ccccc43)cc2c1. The van der Waals surface area contributed by atoms with Crippen LogP contribution in [-0.4, -0.2) is 13.2 Å². The van der Waals surface area contributed by atoms with Gasteiger partial charge in [0.25, 0.3) is 0 Å². The minimum atomic E-state index is -0.547. The molecule has 12 rings (SSSR count). The fraction of sp³-hybridized carbons (Fsp3) is 0.0625. The highest BCUT2D eigenvalue weighted by atomic mass is 16.5. The van der Waals surface area contributed by atoms with Crippen molar-refractivity contribution < 1.29 is 9.47 Å². The largest absolute Gasteiger partial charge is 0.490 e. The predicted octanol–water partition coefficient (Wildman–Crippen LogP) is 15.0. The van der Waals surface area contributed by atoms with Gasteiger partial charge in [-0.05, 0) is 136 Å². The molecular weight excluding hydrogens is 801 g/mol. The first-order valence-corrected chi connectivity index (χ1v) is 22.6. The summed E-state index contributed by atoms with van der Waals surface area (Å²) >= 11 is 0. The van der Waals surface area contributed by atoms with Gasteiger partial charge >= 0.3 is 0 Å². The molecule has 0 atom stereocenters. The summed E-state index contributed by atoms with van der Waals surface area (Å²) in [4.78, 5) is 0. The Bertz CT molecular complexity index is 3480. The lowest BCUT2D eigenvalue weighted by atomic mass is 9.67. The molecular formula is C64H44O2. The van der Waals surface area contributed by atoms with Gasteiger partial charge in [0, 0.05) is 0 Å². The van der Waals surface area contributed by atoms with Crippen LogP contribution < -0.4 is 9.47 Å². The molecule has 312 valence electrons. The molecule has 0 aliphatic heterocycles. The van der Waals surface area contributed by atoms with Gasteiger partial charge in [-0.2, -0.15) is 0 Å². The lowest BCUT2D eigenvalue weighted by Gasteiger charge is -2.34. The summed E-state index contributed by atoms with van der Waals surface area (Å²) < 4.78 is 11.8. The van der Waals surface area contributed by atoms with E-state index in [4.69, 9.17) is 15.9 Å². The second-order valence-electron chi connectivity index (χ2n) is 17.4. The van der Waals surface area contributed by atoms with Crippen molar-refractivity contribution in [1.29, 1.82) is 0 Å². The van der Waals surface area contributed by atoms with Gasteiger partial charge in [0.2, 0.25) is 0 Å². The van der Waals surface area contributed by atoms with Gasteiger partial charge in [-0.15, -0.1) is 6.42 Å². The van der Waals surface area contributed by atoms with E-state index < -0.39 is 10.8 Å². The van der Waals surface area contributed by atoms with E-state index in [-0.39, 0.29) is 6.61 Å². The number of benzene rings is 10. The summed E-state index contributed by atoms with van der Waals surface area (Å²) in [5.41, 5.74) is 16.3. The number of hydrogen-bond donors (Lipinski definition) is 0. The van der Waals surface area contributed by atoms with Crippen LogP contribution in [0.2, 0.25) is 0 Å². The molecule has 0 N–H and O–H groups in total. The maximum Gasteiger partial charge on any atom is 0.148 e. The Morgan fingerprint density at radius 1 is 0.394 bits per heavy atom. The Kier molecular flexibility index (Phi) is 9.33. The summed E-state index contributed by atoms with van der Waals surface area (Å²) in [6.45, 7) is 4.52. The zero-order valence-electron chi connectivity index (χ0n) is 36.4. The highest BCUT2D eigenvalue weighted by molar-refractivity contribution is 5.92. The molecule has 2 aliphatic rings. The Morgan fingerprint density at radius 3 is 1.26 bits per heavy atom. The van der Waals surface area contributed by atoms with Crippen molar-refractivity contribution in [3.8, 4) is 57.2 Å². The van der Waals surface area contributed by atoms with Gasteiger partial charge in [-0.25, -0.2) is 0 Å². The maximum atomic E-state index is 5.91. The molecule has 0 radical (unpaired) electrons. The third-order valence-corrected chi connectivity index (χ3v) is 14.1. The van der Waals surface area contributed by atoms with Gasteiger partial charge in [-0.1, -0.05) is 201 Å². The van der Waals surface area contributed by atoms with E-state index in [2.05, 4.69) is 225 Å². The van der Waals surface area contributed by atoms with E-state index in [1.54, 1.807) is 6.08 Å². The van der Waals surface area contributed by atoms with Crippen LogP contribution in [0.4, 0.5) is 0 Å². The second-order valence-corrected chi connectivity index (χ2v) is 17.4. The van der Waals surface area contributed by atoms with Crippen LogP contribution in [0.3, 0.4) is 0 Å². The smallest absolute Gasteiger partial charge is 0.148 e. The molecule has 2 aliphatic carbocycles. The average Bonchev–Trinajstić information content (AvgIpc) is 3.86. The quantitative estimate of drug-likeness (QED) is 0.101. The van der Waals surface area contributed by atoms with Crippen molar-refractivity contribution in [2.24, 2.45) is 0 Å². The van der Waals surface area contributed by atoms with Crippen LogP contribution in [0, 0.1) is 12.3 Å². The van der Waals surface area contributed by atoms with Crippen molar-refractivity contribution in [2.75, 3.05) is 13.2 Å². The molecule has 2 nitrogen and oxygen atoms in total. The van der Waals surface area contributed by atoms with Crippen LogP contribution in [0.5, 0.6) is 11.5 Å². The maximum absolute atomic E-state index is 5.91. The Labute approximate surface area is 386 Å². The normalized spacial score (nSPS) is 13.6. The number of ether oxygens (including phenoxy) is 2. The molecule has 0 spiro atoms. The first-order chi connectivity index (χ1) is 32.6. The Morgan fingerprint density at radius 2 is 0.773 bits per heavy atom. The van der Waals surface area contributed by atoms with Gasteiger partial charge in [0.1, 0.15) is 24.7 Å². The number of hydrogen-bond acceptors (Lipinski definition) is 2. The minimum absolute atomic E-state index is 0.229. The molecule has 66 heavy (non-hydrogen) atoms. The van der Waals surface area contributed by atoms with E-state index in [0.29, 0.717) is 6.61 Å². The Balaban J connectivity index is 0.980. The van der Waals surface area contributed by atoms with Crippen molar-refractivity contribution in [3.63, 3.8) is 0 Å². The first kappa shape index (κ1) is 39.2. The molecule has 0 fully saturated rings. The summed E-state index contributed by atoms with van der Waals surface area (Å²) in [6.07, 6.45) is 7.33. The van der Waals surface area contributed by atoms with Crippen LogP contribution >= 0.6 is 0 Å². The Hall–Kier alpha value is -8.38. The van der Waals surface area contributed by atoms with Crippen LogP contribution in [0.1, 0.15) is 44.5 Å². The van der Waals surface area contributed by atoms with Crippen molar-refractivity contribution in [3.05, 3.63) is 276 Å². The van der Waals surface area contributed by atoms with E-state index in [1.165, 1.54) is 72.1 Å². The van der Waals surface area contributed by atoms with E-state index >= 15 is 0 Å². The van der Waals surface area contributed by atoms with E-state index in [1.807, 2.05) is 6.07 Å². The molecule has 0 heterocycles. The lowest BCUT2D eigenvalue weighted by Crippen LogP contribution is -2.28. The molecule has 0 saturated heterocycles. The molecule has 10 aromatic rings. The van der Waals surface area contributed by atoms with Crippen molar-refractivity contribution in [1.82, 2.24) is 0 Å². The standard InChI is InChI=1S/C64H44O2/c1-3-37-65-53-36-28-46-39-51(34-26-47(46)41-53)63(59-17-9-5-13-55(59)56-14-6-10-18-60(56)63)49-29-21-43(22-30-49)44-23-31-50(32-24-44)64(61-19-11-7-15-57(61)58-16-8-12-20-62(58)64)52-33-25-45-27-35-54(66-38-4-2)42-48(45)40-52/h2-3,5-36,39-42H,1,37-38H2. The number of terminal acetylenes is 1. The fourth-order valence-corrected chi connectivity index (χ4v) is 11.2.